The number of nitriles is 1. The Bertz CT molecular complexity index is 1360. The van der Waals surface area contributed by atoms with E-state index in [0.717, 1.165) is 18.5 Å². The van der Waals surface area contributed by atoms with Gasteiger partial charge in [-0.3, -0.25) is 9.59 Å². The molecule has 2 amide bonds. The summed E-state index contributed by atoms with van der Waals surface area (Å²) in [6, 6.07) is 18.5. The summed E-state index contributed by atoms with van der Waals surface area (Å²) in [6.07, 6.45) is 5.18. The fourth-order valence-electron chi connectivity index (χ4n) is 4.66. The molecule has 3 heterocycles. The maximum atomic E-state index is 12.8. The van der Waals surface area contributed by atoms with Gasteiger partial charge in [0.15, 0.2) is 0 Å². The Balaban J connectivity index is 1.33. The zero-order valence-electron chi connectivity index (χ0n) is 19.5. The number of rotatable bonds is 5. The monoisotopic (exact) mass is 466 g/mol. The highest BCUT2D eigenvalue weighted by molar-refractivity contribution is 6.34. The Kier molecular flexibility index (Phi) is 6.21. The number of amides is 2. The zero-order valence-corrected chi connectivity index (χ0v) is 19.5. The number of anilines is 1. The van der Waals surface area contributed by atoms with Gasteiger partial charge >= 0.3 is 0 Å². The van der Waals surface area contributed by atoms with Gasteiger partial charge in [-0.2, -0.15) is 5.26 Å². The fraction of sp³-hybridized carbons (Fsp3) is 0.250. The number of carbonyl (C=O) groups is 2. The van der Waals surface area contributed by atoms with E-state index in [1.54, 1.807) is 36.4 Å². The molecule has 1 unspecified atom stereocenters. The van der Waals surface area contributed by atoms with Crippen LogP contribution in [0.3, 0.4) is 0 Å². The van der Waals surface area contributed by atoms with Gasteiger partial charge in [0.25, 0.3) is 11.8 Å². The molecule has 2 N–H and O–H groups in total. The lowest BCUT2D eigenvalue weighted by molar-refractivity contribution is -0.110. The lowest BCUT2D eigenvalue weighted by atomic mass is 10.0. The number of fused-ring (bicyclic) bond motifs is 1. The number of hydrogen-bond acceptors (Lipinski definition) is 5. The molecule has 0 spiro atoms. The maximum Gasteiger partial charge on any atom is 0.256 e. The Hall–Kier alpha value is -4.15. The molecule has 2 aliphatic heterocycles. The standard InChI is InChI=1S/C28H26N4O3/c1-32-12-3-2-7-21(32)17-30-27(33)20-6-4-5-19(14-20)26-11-9-22(35-26)15-24-23-13-18(16-29)8-10-25(23)31-28(24)34/h4-6,8-11,13-15,21H,2-3,7,12,17H2,1H3,(H,30,33)(H,31,34)/b24-15+. The molecule has 7 heteroatoms. The molecule has 0 saturated carbocycles. The average molecular weight is 467 g/mol. The van der Waals surface area contributed by atoms with Crippen molar-refractivity contribution in [1.82, 2.24) is 10.2 Å². The maximum absolute atomic E-state index is 12.8. The Morgan fingerprint density at radius 2 is 2.11 bits per heavy atom. The normalized spacial score (nSPS) is 18.7. The summed E-state index contributed by atoms with van der Waals surface area (Å²) in [5, 5.41) is 15.1. The minimum Gasteiger partial charge on any atom is -0.457 e. The number of likely N-dealkylation sites (tertiary alicyclic amines) is 1. The minimum atomic E-state index is -0.240. The van der Waals surface area contributed by atoms with E-state index >= 15 is 0 Å². The van der Waals surface area contributed by atoms with E-state index in [1.807, 2.05) is 24.3 Å². The highest BCUT2D eigenvalue weighted by atomic mass is 16.3. The number of likely N-dealkylation sites (N-methyl/N-ethyl adjacent to an activating group) is 1. The predicted octanol–water partition coefficient (Wildman–Crippen LogP) is 4.53. The topological polar surface area (TPSA) is 98.4 Å². The molecule has 176 valence electrons. The summed E-state index contributed by atoms with van der Waals surface area (Å²) in [4.78, 5) is 27.6. The van der Waals surface area contributed by atoms with Crippen molar-refractivity contribution < 1.29 is 14.0 Å². The summed E-state index contributed by atoms with van der Waals surface area (Å²) in [7, 11) is 2.11. The SMILES string of the molecule is CN1CCCCC1CNC(=O)c1cccc(-c2ccc(/C=C3/C(=O)Nc4ccc(C#N)cc43)o2)c1. The van der Waals surface area contributed by atoms with Crippen LogP contribution in [0.15, 0.2) is 59.0 Å². The van der Waals surface area contributed by atoms with Gasteiger partial charge < -0.3 is 20.0 Å². The molecule has 5 rings (SSSR count). The van der Waals surface area contributed by atoms with Gasteiger partial charge in [0, 0.05) is 35.0 Å². The van der Waals surface area contributed by atoms with Crippen LogP contribution in [-0.4, -0.2) is 42.9 Å². The zero-order chi connectivity index (χ0) is 24.4. The van der Waals surface area contributed by atoms with E-state index in [0.29, 0.717) is 52.1 Å². The minimum absolute atomic E-state index is 0.104. The van der Waals surface area contributed by atoms with Crippen molar-refractivity contribution in [2.45, 2.75) is 25.3 Å². The number of nitrogens with one attached hydrogen (secondary N) is 2. The van der Waals surface area contributed by atoms with Crippen molar-refractivity contribution in [1.29, 1.82) is 5.26 Å². The van der Waals surface area contributed by atoms with E-state index in [1.165, 1.54) is 12.8 Å². The van der Waals surface area contributed by atoms with Crippen molar-refractivity contribution in [2.24, 2.45) is 0 Å². The third-order valence-electron chi connectivity index (χ3n) is 6.67. The molecule has 1 atom stereocenters. The number of furan rings is 1. The van der Waals surface area contributed by atoms with Crippen LogP contribution in [0.1, 0.15) is 46.5 Å². The van der Waals surface area contributed by atoms with Crippen molar-refractivity contribution >= 4 is 29.2 Å². The van der Waals surface area contributed by atoms with Crippen LogP contribution in [-0.2, 0) is 4.79 Å². The molecule has 0 bridgehead atoms. The van der Waals surface area contributed by atoms with Crippen LogP contribution in [0, 0.1) is 11.3 Å². The number of benzene rings is 2. The summed E-state index contributed by atoms with van der Waals surface area (Å²) in [5.74, 6) is 0.765. The molecule has 0 aliphatic carbocycles. The molecule has 2 aromatic carbocycles. The van der Waals surface area contributed by atoms with E-state index in [9.17, 15) is 14.9 Å². The van der Waals surface area contributed by atoms with Gasteiger partial charge in [-0.25, -0.2) is 0 Å². The molecular formula is C28H26N4O3. The molecule has 35 heavy (non-hydrogen) atoms. The summed E-state index contributed by atoms with van der Waals surface area (Å²) in [6.45, 7) is 1.70. The first-order valence-electron chi connectivity index (χ1n) is 11.8. The Morgan fingerprint density at radius 3 is 2.94 bits per heavy atom. The van der Waals surface area contributed by atoms with Gasteiger partial charge in [0.05, 0.1) is 17.2 Å². The van der Waals surface area contributed by atoms with Gasteiger partial charge in [-0.15, -0.1) is 0 Å². The average Bonchev–Trinajstić information content (AvgIpc) is 3.47. The Labute approximate surface area is 204 Å². The lowest BCUT2D eigenvalue weighted by Gasteiger charge is -2.32. The molecule has 0 radical (unpaired) electrons. The third kappa shape index (κ3) is 4.75. The predicted molar refractivity (Wildman–Crippen MR) is 134 cm³/mol. The summed E-state index contributed by atoms with van der Waals surface area (Å²) < 4.78 is 6.00. The highest BCUT2D eigenvalue weighted by Gasteiger charge is 2.25. The first-order chi connectivity index (χ1) is 17.0. The third-order valence-corrected chi connectivity index (χ3v) is 6.67. The number of hydrogen-bond donors (Lipinski definition) is 2. The van der Waals surface area contributed by atoms with E-state index in [2.05, 4.69) is 28.7 Å². The van der Waals surface area contributed by atoms with Gasteiger partial charge in [-0.1, -0.05) is 18.6 Å². The second kappa shape index (κ2) is 9.61. The second-order valence-corrected chi connectivity index (χ2v) is 9.01. The van der Waals surface area contributed by atoms with E-state index < -0.39 is 0 Å². The Morgan fingerprint density at radius 1 is 1.23 bits per heavy atom. The van der Waals surface area contributed by atoms with Gasteiger partial charge in [-0.05, 0) is 75.0 Å². The van der Waals surface area contributed by atoms with Crippen LogP contribution < -0.4 is 10.6 Å². The van der Waals surface area contributed by atoms with Gasteiger partial charge in [0.2, 0.25) is 0 Å². The molecule has 1 saturated heterocycles. The number of carbonyl (C=O) groups excluding carboxylic acids is 2. The fourth-order valence-corrected chi connectivity index (χ4v) is 4.66. The quantitative estimate of drug-likeness (QED) is 0.539. The summed E-state index contributed by atoms with van der Waals surface area (Å²) in [5.41, 5.74) is 3.63. The smallest absolute Gasteiger partial charge is 0.256 e. The second-order valence-electron chi connectivity index (χ2n) is 9.01. The highest BCUT2D eigenvalue weighted by Crippen LogP contribution is 2.34. The van der Waals surface area contributed by atoms with Gasteiger partial charge in [0.1, 0.15) is 11.5 Å². The van der Waals surface area contributed by atoms with Crippen LogP contribution in [0.5, 0.6) is 0 Å². The van der Waals surface area contributed by atoms with Crippen LogP contribution in [0.2, 0.25) is 0 Å². The first-order valence-corrected chi connectivity index (χ1v) is 11.8. The molecule has 7 nitrogen and oxygen atoms in total. The first kappa shape index (κ1) is 22.6. The van der Waals surface area contributed by atoms with Crippen molar-refractivity contribution in [2.75, 3.05) is 25.5 Å². The van der Waals surface area contributed by atoms with Crippen LogP contribution in [0.25, 0.3) is 23.0 Å². The van der Waals surface area contributed by atoms with Crippen LogP contribution >= 0.6 is 0 Å². The number of nitrogens with zero attached hydrogens (tertiary/aromatic N) is 2. The van der Waals surface area contributed by atoms with E-state index in [-0.39, 0.29) is 11.8 Å². The molecule has 2 aliphatic rings. The summed E-state index contributed by atoms with van der Waals surface area (Å²) >= 11 is 0. The van der Waals surface area contributed by atoms with Crippen molar-refractivity contribution in [3.8, 4) is 17.4 Å². The molecule has 1 fully saturated rings. The van der Waals surface area contributed by atoms with Crippen molar-refractivity contribution in [3.63, 3.8) is 0 Å². The van der Waals surface area contributed by atoms with E-state index in [4.69, 9.17) is 4.42 Å². The lowest BCUT2D eigenvalue weighted by Crippen LogP contribution is -2.44. The molecule has 1 aromatic heterocycles. The number of piperidine rings is 1. The molecule has 3 aromatic rings. The van der Waals surface area contributed by atoms with Crippen molar-refractivity contribution in [3.05, 3.63) is 77.0 Å². The molecular weight excluding hydrogens is 440 g/mol. The van der Waals surface area contributed by atoms with Crippen LogP contribution in [0.4, 0.5) is 5.69 Å². The largest absolute Gasteiger partial charge is 0.457 e.